The Kier molecular flexibility index (Phi) is 7.51. The summed E-state index contributed by atoms with van der Waals surface area (Å²) in [5.74, 6) is -0.997. The summed E-state index contributed by atoms with van der Waals surface area (Å²) in [7, 11) is 0. The highest BCUT2D eigenvalue weighted by Crippen LogP contribution is 2.47. The first-order chi connectivity index (χ1) is 14.6. The van der Waals surface area contributed by atoms with Gasteiger partial charge in [-0.2, -0.15) is 0 Å². The van der Waals surface area contributed by atoms with Crippen molar-refractivity contribution in [2.75, 3.05) is 19.8 Å². The summed E-state index contributed by atoms with van der Waals surface area (Å²) in [5.41, 5.74) is 3.15. The second-order valence-electron chi connectivity index (χ2n) is 8.85. The Balaban J connectivity index is 1.99. The van der Waals surface area contributed by atoms with Crippen LogP contribution in [0, 0.1) is 5.41 Å². The number of rotatable bonds is 7. The van der Waals surface area contributed by atoms with Crippen LogP contribution in [0.15, 0.2) is 40.7 Å². The van der Waals surface area contributed by atoms with Crippen LogP contribution in [0.25, 0.3) is 0 Å². The van der Waals surface area contributed by atoms with Gasteiger partial charge in [-0.25, -0.2) is 4.79 Å². The molecule has 168 valence electrons. The van der Waals surface area contributed by atoms with Crippen molar-refractivity contribution >= 4 is 35.0 Å². The summed E-state index contributed by atoms with van der Waals surface area (Å²) in [4.78, 5) is 26.4. The minimum absolute atomic E-state index is 0.0268. The van der Waals surface area contributed by atoms with Gasteiger partial charge in [0, 0.05) is 35.9 Å². The van der Waals surface area contributed by atoms with Gasteiger partial charge in [-0.1, -0.05) is 50.0 Å². The molecule has 1 aliphatic heterocycles. The molecule has 0 spiro atoms. The monoisotopic (exact) mass is 465 g/mol. The van der Waals surface area contributed by atoms with Gasteiger partial charge in [0.05, 0.1) is 22.2 Å². The standard InChI is InChI=1S/C24H29Cl2NO4/c1-5-8-30-9-10-31-23(29)20-14(2)27-18-12-24(3,4)13-19(28)22(18)21(20)15-6-7-16(25)17(26)11-15/h6-7,11,21,27H,5,8-10,12-13H2,1-4H3. The van der Waals surface area contributed by atoms with Gasteiger partial charge < -0.3 is 14.8 Å². The molecule has 5 nitrogen and oxygen atoms in total. The van der Waals surface area contributed by atoms with E-state index in [1.165, 1.54) is 0 Å². The molecule has 2 aliphatic rings. The molecular formula is C24H29Cl2NO4. The number of halogens is 2. The van der Waals surface area contributed by atoms with E-state index in [4.69, 9.17) is 32.7 Å². The highest BCUT2D eigenvalue weighted by molar-refractivity contribution is 6.42. The molecule has 1 heterocycles. The molecular weight excluding hydrogens is 437 g/mol. The minimum Gasteiger partial charge on any atom is -0.460 e. The number of hydrogen-bond donors (Lipinski definition) is 1. The maximum absolute atomic E-state index is 13.2. The average molecular weight is 466 g/mol. The molecule has 31 heavy (non-hydrogen) atoms. The molecule has 0 fully saturated rings. The van der Waals surface area contributed by atoms with Crippen molar-refractivity contribution < 1.29 is 19.1 Å². The number of nitrogens with one attached hydrogen (secondary N) is 1. The van der Waals surface area contributed by atoms with E-state index >= 15 is 0 Å². The van der Waals surface area contributed by atoms with Crippen LogP contribution in [0.2, 0.25) is 10.0 Å². The number of hydrogen-bond acceptors (Lipinski definition) is 5. The van der Waals surface area contributed by atoms with Gasteiger partial charge in [-0.15, -0.1) is 0 Å². The van der Waals surface area contributed by atoms with Gasteiger partial charge >= 0.3 is 5.97 Å². The van der Waals surface area contributed by atoms with Crippen LogP contribution < -0.4 is 5.32 Å². The predicted molar refractivity (Wildman–Crippen MR) is 122 cm³/mol. The van der Waals surface area contributed by atoms with Crippen molar-refractivity contribution in [1.29, 1.82) is 0 Å². The molecule has 1 unspecified atom stereocenters. The summed E-state index contributed by atoms with van der Waals surface area (Å²) < 4.78 is 10.9. The lowest BCUT2D eigenvalue weighted by molar-refractivity contribution is -0.141. The number of ether oxygens (including phenoxy) is 2. The van der Waals surface area contributed by atoms with Gasteiger partial charge in [0.2, 0.25) is 0 Å². The molecule has 3 rings (SSSR count). The van der Waals surface area contributed by atoms with Crippen molar-refractivity contribution in [3.63, 3.8) is 0 Å². The first-order valence-electron chi connectivity index (χ1n) is 10.6. The van der Waals surface area contributed by atoms with Crippen LogP contribution in [0.5, 0.6) is 0 Å². The lowest BCUT2D eigenvalue weighted by Crippen LogP contribution is -2.38. The maximum atomic E-state index is 13.2. The molecule has 1 aromatic carbocycles. The molecule has 0 radical (unpaired) electrons. The number of carbonyl (C=O) groups is 2. The summed E-state index contributed by atoms with van der Waals surface area (Å²) in [6, 6.07) is 5.23. The lowest BCUT2D eigenvalue weighted by atomic mass is 9.68. The normalized spacial score (nSPS) is 20.5. The third-order valence-corrected chi connectivity index (χ3v) is 6.28. The number of benzene rings is 1. The van der Waals surface area contributed by atoms with Gasteiger partial charge in [0.25, 0.3) is 0 Å². The second kappa shape index (κ2) is 9.76. The summed E-state index contributed by atoms with van der Waals surface area (Å²) in [5, 5.41) is 4.11. The molecule has 0 bridgehead atoms. The Labute approximate surface area is 193 Å². The van der Waals surface area contributed by atoms with Crippen LogP contribution in [-0.2, 0) is 19.1 Å². The fraction of sp³-hybridized carbons (Fsp3) is 0.500. The number of dihydropyridines is 1. The smallest absolute Gasteiger partial charge is 0.336 e. The van der Waals surface area contributed by atoms with Crippen molar-refractivity contribution in [2.45, 2.75) is 52.9 Å². The molecule has 0 saturated carbocycles. The van der Waals surface area contributed by atoms with Crippen LogP contribution >= 0.6 is 23.2 Å². The van der Waals surface area contributed by atoms with Gasteiger partial charge in [0.1, 0.15) is 6.61 Å². The van der Waals surface area contributed by atoms with Crippen LogP contribution in [-0.4, -0.2) is 31.6 Å². The highest BCUT2D eigenvalue weighted by Gasteiger charge is 2.43. The van der Waals surface area contributed by atoms with Crippen molar-refractivity contribution in [3.8, 4) is 0 Å². The summed E-state index contributed by atoms with van der Waals surface area (Å²) in [6.07, 6.45) is 2.03. The molecule has 0 aromatic heterocycles. The zero-order valence-electron chi connectivity index (χ0n) is 18.4. The Morgan fingerprint density at radius 1 is 1.16 bits per heavy atom. The molecule has 1 aromatic rings. The molecule has 1 atom stereocenters. The average Bonchev–Trinajstić information content (AvgIpc) is 2.67. The quantitative estimate of drug-likeness (QED) is 0.421. The fourth-order valence-corrected chi connectivity index (χ4v) is 4.56. The van der Waals surface area contributed by atoms with Crippen LogP contribution in [0.1, 0.15) is 58.4 Å². The van der Waals surface area contributed by atoms with E-state index in [9.17, 15) is 9.59 Å². The third kappa shape index (κ3) is 5.33. The second-order valence-corrected chi connectivity index (χ2v) is 9.67. The van der Waals surface area contributed by atoms with Gasteiger partial charge in [0.15, 0.2) is 5.78 Å². The van der Waals surface area contributed by atoms with Crippen molar-refractivity contribution in [2.24, 2.45) is 5.41 Å². The Hall–Kier alpha value is -1.82. The fourth-order valence-electron chi connectivity index (χ4n) is 4.25. The van der Waals surface area contributed by atoms with E-state index < -0.39 is 11.9 Å². The minimum atomic E-state index is -0.557. The van der Waals surface area contributed by atoms with E-state index in [-0.39, 0.29) is 17.8 Å². The van der Waals surface area contributed by atoms with E-state index in [0.717, 1.165) is 24.1 Å². The van der Waals surface area contributed by atoms with E-state index in [0.29, 0.717) is 46.5 Å². The van der Waals surface area contributed by atoms with Gasteiger partial charge in [-0.3, -0.25) is 4.79 Å². The number of ketones is 1. The topological polar surface area (TPSA) is 64.6 Å². The number of Topliss-reactive ketones (excluding diaryl/α,β-unsaturated/α-hetero) is 1. The zero-order chi connectivity index (χ0) is 22.8. The molecule has 0 saturated heterocycles. The SMILES string of the molecule is CCCOCCOC(=O)C1=C(C)NC2=C(C(=O)CC(C)(C)C2)C1c1ccc(Cl)c(Cl)c1. The zero-order valence-corrected chi connectivity index (χ0v) is 20.0. The first-order valence-corrected chi connectivity index (χ1v) is 11.3. The first kappa shape index (κ1) is 23.8. The molecule has 7 heteroatoms. The maximum Gasteiger partial charge on any atom is 0.336 e. The van der Waals surface area contributed by atoms with Crippen molar-refractivity contribution in [3.05, 3.63) is 56.3 Å². The Bertz CT molecular complexity index is 949. The van der Waals surface area contributed by atoms with E-state index in [1.54, 1.807) is 12.1 Å². The Morgan fingerprint density at radius 2 is 1.90 bits per heavy atom. The molecule has 1 aliphatic carbocycles. The number of allylic oxidation sites excluding steroid dienone is 3. The predicted octanol–water partition coefficient (Wildman–Crippen LogP) is 5.57. The van der Waals surface area contributed by atoms with E-state index in [2.05, 4.69) is 19.2 Å². The van der Waals surface area contributed by atoms with E-state index in [1.807, 2.05) is 19.9 Å². The summed E-state index contributed by atoms with van der Waals surface area (Å²) >= 11 is 12.4. The number of carbonyl (C=O) groups excluding carboxylic acids is 2. The van der Waals surface area contributed by atoms with Crippen molar-refractivity contribution in [1.82, 2.24) is 5.32 Å². The third-order valence-electron chi connectivity index (χ3n) is 5.55. The van der Waals surface area contributed by atoms with Gasteiger partial charge in [-0.05, 0) is 42.9 Å². The van der Waals surface area contributed by atoms with Crippen LogP contribution in [0.4, 0.5) is 0 Å². The highest BCUT2D eigenvalue weighted by atomic mass is 35.5. The summed E-state index contributed by atoms with van der Waals surface area (Å²) in [6.45, 7) is 9.10. The lowest BCUT2D eigenvalue weighted by Gasteiger charge is -2.39. The molecule has 1 N–H and O–H groups in total. The largest absolute Gasteiger partial charge is 0.460 e. The Morgan fingerprint density at radius 3 is 2.58 bits per heavy atom. The van der Waals surface area contributed by atoms with Crippen LogP contribution in [0.3, 0.4) is 0 Å². The number of esters is 1. The molecule has 0 amide bonds.